The summed E-state index contributed by atoms with van der Waals surface area (Å²) < 4.78 is 0. The number of fused-ring (bicyclic) bond motifs is 1. The number of nitrogens with one attached hydrogen (secondary N) is 3. The molecule has 2 aromatic heterocycles. The van der Waals surface area contributed by atoms with Gasteiger partial charge in [0.15, 0.2) is 5.65 Å². The van der Waals surface area contributed by atoms with Gasteiger partial charge in [0.25, 0.3) is 5.91 Å². The van der Waals surface area contributed by atoms with Crippen molar-refractivity contribution in [3.63, 3.8) is 0 Å². The molecule has 1 aromatic carbocycles. The van der Waals surface area contributed by atoms with Crippen LogP contribution in [0.4, 0.5) is 0 Å². The summed E-state index contributed by atoms with van der Waals surface area (Å²) in [7, 11) is 0. The molecule has 1 atom stereocenters. The molecular weight excluding hydrogens is 294 g/mol. The second kappa shape index (κ2) is 6.05. The predicted octanol–water partition coefficient (Wildman–Crippen LogP) is 1.20. The molecule has 2 heterocycles. The fraction of sp³-hybridized carbons (Fsp3) is 0.188. The SMILES string of the molecule is CC(N)c1ccc(CNC(=O)c2cnc3[nH]c(=O)[nH]c3c2)cc1. The van der Waals surface area contributed by atoms with Crippen molar-refractivity contribution in [1.29, 1.82) is 0 Å². The summed E-state index contributed by atoms with van der Waals surface area (Å²) in [5.41, 5.74) is 8.80. The van der Waals surface area contributed by atoms with Crippen LogP contribution in [0.15, 0.2) is 41.3 Å². The van der Waals surface area contributed by atoms with Crippen molar-refractivity contribution in [2.24, 2.45) is 5.73 Å². The maximum absolute atomic E-state index is 12.2. The van der Waals surface area contributed by atoms with Crippen molar-refractivity contribution >= 4 is 17.1 Å². The summed E-state index contributed by atoms with van der Waals surface area (Å²) in [6, 6.07) is 9.34. The zero-order chi connectivity index (χ0) is 16.4. The van der Waals surface area contributed by atoms with Gasteiger partial charge in [0.05, 0.1) is 11.1 Å². The summed E-state index contributed by atoms with van der Waals surface area (Å²) in [6.45, 7) is 2.32. The fourth-order valence-electron chi connectivity index (χ4n) is 2.27. The first-order valence-electron chi connectivity index (χ1n) is 7.23. The van der Waals surface area contributed by atoms with Gasteiger partial charge >= 0.3 is 5.69 Å². The largest absolute Gasteiger partial charge is 0.348 e. The van der Waals surface area contributed by atoms with Gasteiger partial charge in [-0.25, -0.2) is 9.78 Å². The monoisotopic (exact) mass is 311 g/mol. The van der Waals surface area contributed by atoms with Gasteiger partial charge < -0.3 is 16.0 Å². The predicted molar refractivity (Wildman–Crippen MR) is 86.9 cm³/mol. The number of carbonyl (C=O) groups is 1. The number of H-pyrrole nitrogens is 2. The highest BCUT2D eigenvalue weighted by Crippen LogP contribution is 2.11. The maximum Gasteiger partial charge on any atom is 0.325 e. The quantitative estimate of drug-likeness (QED) is 0.579. The first kappa shape index (κ1) is 15.0. The van der Waals surface area contributed by atoms with E-state index in [1.165, 1.54) is 6.20 Å². The summed E-state index contributed by atoms with van der Waals surface area (Å²) in [5, 5.41) is 2.82. The third kappa shape index (κ3) is 3.29. The van der Waals surface area contributed by atoms with E-state index in [1.54, 1.807) is 6.07 Å². The number of imidazole rings is 1. The van der Waals surface area contributed by atoms with Crippen LogP contribution in [0, 0.1) is 0 Å². The van der Waals surface area contributed by atoms with Crippen LogP contribution in [0.2, 0.25) is 0 Å². The van der Waals surface area contributed by atoms with E-state index >= 15 is 0 Å². The van der Waals surface area contributed by atoms with Crippen molar-refractivity contribution in [1.82, 2.24) is 20.3 Å². The Hall–Kier alpha value is -2.93. The van der Waals surface area contributed by atoms with E-state index in [4.69, 9.17) is 5.73 Å². The molecule has 7 heteroatoms. The van der Waals surface area contributed by atoms with Crippen molar-refractivity contribution in [2.45, 2.75) is 19.5 Å². The molecule has 0 fully saturated rings. The van der Waals surface area contributed by atoms with Crippen LogP contribution in [0.5, 0.6) is 0 Å². The van der Waals surface area contributed by atoms with Gasteiger partial charge in [0.2, 0.25) is 0 Å². The van der Waals surface area contributed by atoms with Gasteiger partial charge in [0, 0.05) is 18.8 Å². The van der Waals surface area contributed by atoms with Gasteiger partial charge in [-0.3, -0.25) is 9.78 Å². The molecule has 0 saturated carbocycles. The molecule has 23 heavy (non-hydrogen) atoms. The lowest BCUT2D eigenvalue weighted by atomic mass is 10.1. The van der Waals surface area contributed by atoms with E-state index in [0.717, 1.165) is 11.1 Å². The minimum Gasteiger partial charge on any atom is -0.348 e. The second-order valence-electron chi connectivity index (χ2n) is 5.41. The smallest absolute Gasteiger partial charge is 0.325 e. The molecule has 7 nitrogen and oxygen atoms in total. The van der Waals surface area contributed by atoms with Gasteiger partial charge in [-0.1, -0.05) is 24.3 Å². The Morgan fingerprint density at radius 3 is 2.74 bits per heavy atom. The first-order valence-corrected chi connectivity index (χ1v) is 7.23. The third-order valence-electron chi connectivity index (χ3n) is 3.59. The zero-order valence-electron chi connectivity index (χ0n) is 12.6. The number of benzene rings is 1. The minimum absolute atomic E-state index is 0.0139. The number of aromatic amines is 2. The number of amides is 1. The van der Waals surface area contributed by atoms with Crippen molar-refractivity contribution in [2.75, 3.05) is 0 Å². The van der Waals surface area contributed by atoms with Crippen molar-refractivity contribution in [3.8, 4) is 0 Å². The van der Waals surface area contributed by atoms with Gasteiger partial charge in [-0.2, -0.15) is 0 Å². The Morgan fingerprint density at radius 2 is 2.04 bits per heavy atom. The Labute approximate surface area is 131 Å². The normalized spacial score (nSPS) is 12.3. The lowest BCUT2D eigenvalue weighted by Gasteiger charge is -2.08. The summed E-state index contributed by atoms with van der Waals surface area (Å²) >= 11 is 0. The number of aromatic nitrogens is 3. The van der Waals surface area contributed by atoms with E-state index in [-0.39, 0.29) is 17.6 Å². The van der Waals surface area contributed by atoms with Crippen molar-refractivity contribution < 1.29 is 4.79 Å². The molecule has 3 aromatic rings. The molecular formula is C16H17N5O2. The molecule has 5 N–H and O–H groups in total. The molecule has 3 rings (SSSR count). The summed E-state index contributed by atoms with van der Waals surface area (Å²) in [4.78, 5) is 32.5. The van der Waals surface area contributed by atoms with Crippen LogP contribution in [0.25, 0.3) is 11.2 Å². The lowest BCUT2D eigenvalue weighted by Crippen LogP contribution is -2.23. The van der Waals surface area contributed by atoms with Crippen LogP contribution >= 0.6 is 0 Å². The Kier molecular flexibility index (Phi) is 3.94. The topological polar surface area (TPSA) is 117 Å². The molecule has 0 saturated heterocycles. The summed E-state index contributed by atoms with van der Waals surface area (Å²) in [5.74, 6) is -0.252. The van der Waals surface area contributed by atoms with E-state index in [0.29, 0.717) is 23.3 Å². The van der Waals surface area contributed by atoms with E-state index < -0.39 is 0 Å². The van der Waals surface area contributed by atoms with Crippen LogP contribution in [-0.2, 0) is 6.54 Å². The highest BCUT2D eigenvalue weighted by Gasteiger charge is 2.09. The van der Waals surface area contributed by atoms with Gasteiger partial charge in [-0.15, -0.1) is 0 Å². The fourth-order valence-corrected chi connectivity index (χ4v) is 2.27. The van der Waals surface area contributed by atoms with E-state index in [9.17, 15) is 9.59 Å². The molecule has 0 spiro atoms. The number of nitrogens with zero attached hydrogens (tertiary/aromatic N) is 1. The first-order chi connectivity index (χ1) is 11.0. The van der Waals surface area contributed by atoms with E-state index in [2.05, 4.69) is 20.3 Å². The minimum atomic E-state index is -0.348. The van der Waals surface area contributed by atoms with Crippen LogP contribution in [0.3, 0.4) is 0 Å². The number of hydrogen-bond acceptors (Lipinski definition) is 4. The lowest BCUT2D eigenvalue weighted by molar-refractivity contribution is 0.0950. The number of nitrogens with two attached hydrogens (primary N) is 1. The molecule has 0 radical (unpaired) electrons. The Balaban J connectivity index is 1.69. The summed E-state index contributed by atoms with van der Waals surface area (Å²) in [6.07, 6.45) is 1.43. The molecule has 0 aliphatic heterocycles. The third-order valence-corrected chi connectivity index (χ3v) is 3.59. The number of carbonyl (C=O) groups excluding carboxylic acids is 1. The molecule has 0 aliphatic rings. The average molecular weight is 311 g/mol. The molecule has 1 amide bonds. The maximum atomic E-state index is 12.2. The highest BCUT2D eigenvalue weighted by molar-refractivity contribution is 5.96. The number of pyridine rings is 1. The molecule has 1 unspecified atom stereocenters. The molecule has 0 bridgehead atoms. The average Bonchev–Trinajstić information content (AvgIpc) is 2.92. The van der Waals surface area contributed by atoms with Crippen molar-refractivity contribution in [3.05, 3.63) is 63.7 Å². The van der Waals surface area contributed by atoms with Gasteiger partial charge in [0.1, 0.15) is 0 Å². The number of rotatable bonds is 4. The van der Waals surface area contributed by atoms with Crippen LogP contribution < -0.4 is 16.7 Å². The molecule has 0 aliphatic carbocycles. The standard InChI is InChI=1S/C16H17N5O2/c1-9(17)11-4-2-10(3-5-11)7-19-15(22)12-6-13-14(18-8-12)21-16(23)20-13/h2-6,8-9H,7,17H2,1H3,(H,19,22)(H2,18,20,21,23). The van der Waals surface area contributed by atoms with Gasteiger partial charge in [-0.05, 0) is 24.1 Å². The molecule has 118 valence electrons. The second-order valence-corrected chi connectivity index (χ2v) is 5.41. The van der Waals surface area contributed by atoms with Crippen LogP contribution in [0.1, 0.15) is 34.5 Å². The zero-order valence-corrected chi connectivity index (χ0v) is 12.6. The Morgan fingerprint density at radius 1 is 1.30 bits per heavy atom. The van der Waals surface area contributed by atoms with E-state index in [1.807, 2.05) is 31.2 Å². The highest BCUT2D eigenvalue weighted by atomic mass is 16.2. The number of hydrogen-bond donors (Lipinski definition) is 4. The van der Waals surface area contributed by atoms with Crippen LogP contribution in [-0.4, -0.2) is 20.9 Å². The Bertz CT molecular complexity index is 893.